The van der Waals surface area contributed by atoms with Crippen molar-refractivity contribution in [3.63, 3.8) is 0 Å². The zero-order valence-electron chi connectivity index (χ0n) is 10.2. The van der Waals surface area contributed by atoms with Crippen molar-refractivity contribution < 1.29 is 14.3 Å². The predicted molar refractivity (Wildman–Crippen MR) is 58.3 cm³/mol. The summed E-state index contributed by atoms with van der Waals surface area (Å²) < 4.78 is 4.89. The normalized spacial score (nSPS) is 11.3. The number of amides is 1. The molecule has 0 spiro atoms. The lowest BCUT2D eigenvalue weighted by molar-refractivity contribution is -0.147. The average Bonchev–Trinajstić information content (AvgIpc) is 1.96. The van der Waals surface area contributed by atoms with Gasteiger partial charge in [-0.25, -0.2) is 0 Å². The van der Waals surface area contributed by atoms with E-state index in [1.54, 1.807) is 0 Å². The Kier molecular flexibility index (Phi) is 5.33. The molecule has 0 aromatic heterocycles. The minimum atomic E-state index is -0.467. The highest BCUT2D eigenvalue weighted by Crippen LogP contribution is 2.00. The van der Waals surface area contributed by atoms with Crippen LogP contribution in [0.5, 0.6) is 0 Å². The first-order valence-corrected chi connectivity index (χ1v) is 5.17. The number of hydrogen-bond acceptors (Lipinski definition) is 3. The Labute approximate surface area is 91.4 Å². The fourth-order valence-electron chi connectivity index (χ4n) is 0.904. The summed E-state index contributed by atoms with van der Waals surface area (Å²) in [6, 6.07) is 0. The largest absolute Gasteiger partial charge is 0.465 e. The molecule has 0 aliphatic carbocycles. The van der Waals surface area contributed by atoms with E-state index in [1.807, 2.05) is 34.6 Å². The van der Waals surface area contributed by atoms with Crippen molar-refractivity contribution in [1.82, 2.24) is 5.32 Å². The molecule has 0 atom stereocenters. The second-order valence-corrected chi connectivity index (χ2v) is 5.05. The first-order chi connectivity index (χ1) is 6.70. The van der Waals surface area contributed by atoms with E-state index in [-0.39, 0.29) is 17.9 Å². The number of carbonyl (C=O) groups is 2. The lowest BCUT2D eigenvalue weighted by Crippen LogP contribution is -2.41. The molecule has 0 saturated carbocycles. The van der Waals surface area contributed by atoms with Gasteiger partial charge >= 0.3 is 5.97 Å². The van der Waals surface area contributed by atoms with Gasteiger partial charge in [0.15, 0.2) is 0 Å². The highest BCUT2D eigenvalue weighted by molar-refractivity contribution is 5.94. The van der Waals surface area contributed by atoms with Gasteiger partial charge < -0.3 is 10.1 Å². The van der Waals surface area contributed by atoms with Gasteiger partial charge in [-0.1, -0.05) is 13.8 Å². The molecule has 15 heavy (non-hydrogen) atoms. The number of nitrogens with one attached hydrogen (secondary N) is 1. The summed E-state index contributed by atoms with van der Waals surface area (Å²) in [4.78, 5) is 22.5. The summed E-state index contributed by atoms with van der Waals surface area (Å²) in [5.74, 6) is -0.471. The molecule has 88 valence electrons. The van der Waals surface area contributed by atoms with Gasteiger partial charge in [0.05, 0.1) is 6.61 Å². The number of rotatable bonds is 4. The van der Waals surface area contributed by atoms with Gasteiger partial charge in [0.1, 0.15) is 6.42 Å². The third-order valence-electron chi connectivity index (χ3n) is 1.40. The summed E-state index contributed by atoms with van der Waals surface area (Å²) in [7, 11) is 0. The summed E-state index contributed by atoms with van der Waals surface area (Å²) >= 11 is 0. The molecule has 1 amide bonds. The highest BCUT2D eigenvalue weighted by atomic mass is 16.5. The summed E-state index contributed by atoms with van der Waals surface area (Å²) in [5.41, 5.74) is -0.310. The molecule has 0 aromatic rings. The van der Waals surface area contributed by atoms with E-state index in [0.29, 0.717) is 12.5 Å². The molecule has 0 saturated heterocycles. The second-order valence-electron chi connectivity index (χ2n) is 5.05. The van der Waals surface area contributed by atoms with E-state index in [9.17, 15) is 9.59 Å². The molecule has 0 heterocycles. The summed E-state index contributed by atoms with van der Waals surface area (Å²) in [5, 5.41) is 2.70. The van der Waals surface area contributed by atoms with Crippen molar-refractivity contribution in [2.75, 3.05) is 6.61 Å². The molecular weight excluding hydrogens is 194 g/mol. The van der Waals surface area contributed by atoms with E-state index in [0.717, 1.165) is 0 Å². The Hall–Kier alpha value is -1.06. The second kappa shape index (κ2) is 5.73. The van der Waals surface area contributed by atoms with Crippen LogP contribution in [-0.2, 0) is 14.3 Å². The van der Waals surface area contributed by atoms with Gasteiger partial charge in [-0.3, -0.25) is 9.59 Å². The lowest BCUT2D eigenvalue weighted by atomic mass is 10.1. The number of esters is 1. The van der Waals surface area contributed by atoms with Crippen LogP contribution in [0, 0.1) is 5.92 Å². The average molecular weight is 215 g/mol. The maximum Gasteiger partial charge on any atom is 0.315 e. The smallest absolute Gasteiger partial charge is 0.315 e. The quantitative estimate of drug-likeness (QED) is 0.571. The predicted octanol–water partition coefficient (Wildman–Crippen LogP) is 1.49. The van der Waals surface area contributed by atoms with E-state index < -0.39 is 5.97 Å². The standard InChI is InChI=1S/C11H21NO3/c1-8(2)7-15-10(14)6-9(13)12-11(3,4)5/h8H,6-7H2,1-5H3,(H,12,13). The fraction of sp³-hybridized carbons (Fsp3) is 0.818. The fourth-order valence-corrected chi connectivity index (χ4v) is 0.904. The van der Waals surface area contributed by atoms with Gasteiger partial charge in [-0.2, -0.15) is 0 Å². The Bertz CT molecular complexity index is 228. The van der Waals surface area contributed by atoms with Crippen molar-refractivity contribution in [1.29, 1.82) is 0 Å². The number of hydrogen-bond donors (Lipinski definition) is 1. The third kappa shape index (κ3) is 9.25. The molecule has 0 aliphatic rings. The molecular formula is C11H21NO3. The molecule has 0 aliphatic heterocycles. The minimum absolute atomic E-state index is 0.204. The maximum absolute atomic E-state index is 11.3. The maximum atomic E-state index is 11.3. The van der Waals surface area contributed by atoms with Crippen molar-refractivity contribution in [2.24, 2.45) is 5.92 Å². The van der Waals surface area contributed by atoms with Crippen LogP contribution in [-0.4, -0.2) is 24.0 Å². The molecule has 0 radical (unpaired) electrons. The summed E-state index contributed by atoms with van der Waals surface area (Å²) in [6.07, 6.45) is -0.204. The highest BCUT2D eigenvalue weighted by Gasteiger charge is 2.17. The number of ether oxygens (including phenoxy) is 1. The van der Waals surface area contributed by atoms with Crippen LogP contribution in [0.2, 0.25) is 0 Å². The van der Waals surface area contributed by atoms with Gasteiger partial charge in [0, 0.05) is 5.54 Å². The van der Waals surface area contributed by atoms with Crippen LogP contribution < -0.4 is 5.32 Å². The Morgan fingerprint density at radius 3 is 2.20 bits per heavy atom. The monoisotopic (exact) mass is 215 g/mol. The van der Waals surface area contributed by atoms with E-state index in [4.69, 9.17) is 4.74 Å². The van der Waals surface area contributed by atoms with E-state index in [2.05, 4.69) is 5.32 Å². The van der Waals surface area contributed by atoms with Crippen molar-refractivity contribution in [3.05, 3.63) is 0 Å². The molecule has 0 aromatic carbocycles. The molecule has 0 bridgehead atoms. The van der Waals surface area contributed by atoms with Gasteiger partial charge in [0.2, 0.25) is 5.91 Å². The SMILES string of the molecule is CC(C)COC(=O)CC(=O)NC(C)(C)C. The van der Waals surface area contributed by atoms with Crippen molar-refractivity contribution >= 4 is 11.9 Å². The van der Waals surface area contributed by atoms with Crippen LogP contribution in [0.4, 0.5) is 0 Å². The van der Waals surface area contributed by atoms with Crippen LogP contribution in [0.3, 0.4) is 0 Å². The zero-order valence-corrected chi connectivity index (χ0v) is 10.2. The molecule has 0 rings (SSSR count). The first-order valence-electron chi connectivity index (χ1n) is 5.17. The molecule has 4 heteroatoms. The zero-order chi connectivity index (χ0) is 12.1. The molecule has 1 N–H and O–H groups in total. The van der Waals surface area contributed by atoms with Gasteiger partial charge in [-0.05, 0) is 26.7 Å². The summed E-state index contributed by atoms with van der Waals surface area (Å²) in [6.45, 7) is 9.85. The van der Waals surface area contributed by atoms with Gasteiger partial charge in [-0.15, -0.1) is 0 Å². The van der Waals surface area contributed by atoms with E-state index in [1.165, 1.54) is 0 Å². The number of carbonyl (C=O) groups excluding carboxylic acids is 2. The van der Waals surface area contributed by atoms with Gasteiger partial charge in [0.25, 0.3) is 0 Å². The molecule has 0 fully saturated rings. The Morgan fingerprint density at radius 1 is 1.27 bits per heavy atom. The van der Waals surface area contributed by atoms with E-state index >= 15 is 0 Å². The van der Waals surface area contributed by atoms with Crippen LogP contribution in [0.15, 0.2) is 0 Å². The Balaban J connectivity index is 3.82. The first kappa shape index (κ1) is 13.9. The van der Waals surface area contributed by atoms with Crippen LogP contribution in [0.1, 0.15) is 41.0 Å². The third-order valence-corrected chi connectivity index (χ3v) is 1.40. The van der Waals surface area contributed by atoms with Crippen molar-refractivity contribution in [2.45, 2.75) is 46.6 Å². The molecule has 0 unspecified atom stereocenters. The molecule has 4 nitrogen and oxygen atoms in total. The van der Waals surface area contributed by atoms with Crippen LogP contribution in [0.25, 0.3) is 0 Å². The lowest BCUT2D eigenvalue weighted by Gasteiger charge is -2.20. The van der Waals surface area contributed by atoms with Crippen LogP contribution >= 0.6 is 0 Å². The topological polar surface area (TPSA) is 55.4 Å². The minimum Gasteiger partial charge on any atom is -0.465 e. The van der Waals surface area contributed by atoms with Crippen molar-refractivity contribution in [3.8, 4) is 0 Å². The Morgan fingerprint density at radius 2 is 1.80 bits per heavy atom.